The normalized spacial score (nSPS) is 13.3. The van der Waals surface area contributed by atoms with Crippen molar-refractivity contribution in [2.75, 3.05) is 18.4 Å². The monoisotopic (exact) mass is 559 g/mol. The Kier molecular flexibility index (Phi) is 7.25. The zero-order chi connectivity index (χ0) is 28.6. The van der Waals surface area contributed by atoms with Crippen LogP contribution >= 0.6 is 11.6 Å². The Morgan fingerprint density at radius 1 is 1.23 bits per heavy atom. The molecule has 1 fully saturated rings. The molecule has 2 aromatic heterocycles. The highest BCUT2D eigenvalue weighted by molar-refractivity contribution is 6.34. The van der Waals surface area contributed by atoms with Gasteiger partial charge in [-0.1, -0.05) is 17.7 Å². The molecule has 1 aliphatic rings. The van der Waals surface area contributed by atoms with Crippen molar-refractivity contribution in [3.8, 4) is 17.3 Å². The molecular weight excluding hydrogens is 530 g/mol. The Bertz CT molecular complexity index is 1660. The van der Waals surface area contributed by atoms with Gasteiger partial charge in [0.05, 0.1) is 45.1 Å². The van der Waals surface area contributed by atoms with Crippen molar-refractivity contribution in [2.24, 2.45) is 0 Å². The molecule has 0 unspecified atom stereocenters. The smallest absolute Gasteiger partial charge is 0.407 e. The molecule has 206 valence electrons. The standard InChI is InChI=1S/C29H30ClN7O3/c1-29(2,3)36(28(39)40)12-4-11-32-25-26-33-16-24(37(26)23-10-5-17(15-31)13-22(23)35-25)18-6-9-20(21(30)14-18)27(38)34-19-7-8-19/h5-6,9-10,13-14,16,19H,4,7-8,11-12H2,1-3H3,(H,32,35)(H,34,38)(H,39,40). The molecule has 0 atom stereocenters. The van der Waals surface area contributed by atoms with Gasteiger partial charge < -0.3 is 20.6 Å². The number of hydrogen-bond donors (Lipinski definition) is 3. The Hall–Kier alpha value is -4.36. The number of anilines is 1. The number of nitriles is 1. The van der Waals surface area contributed by atoms with Crippen LogP contribution in [-0.2, 0) is 0 Å². The number of imidazole rings is 1. The number of amides is 2. The van der Waals surface area contributed by atoms with Gasteiger partial charge in [-0.15, -0.1) is 0 Å². The van der Waals surface area contributed by atoms with Gasteiger partial charge >= 0.3 is 6.09 Å². The summed E-state index contributed by atoms with van der Waals surface area (Å²) >= 11 is 6.55. The molecule has 2 amide bonds. The molecule has 0 saturated heterocycles. The first-order valence-electron chi connectivity index (χ1n) is 13.1. The number of carboxylic acid groups (broad SMARTS) is 1. The molecule has 11 heteroatoms. The molecule has 10 nitrogen and oxygen atoms in total. The summed E-state index contributed by atoms with van der Waals surface area (Å²) in [6.45, 7) is 6.40. The SMILES string of the molecule is CC(C)(C)N(CCCNc1nc2cc(C#N)ccc2n2c(-c3ccc(C(=O)NC4CC4)c(Cl)c3)cnc12)C(=O)O. The second-order valence-electron chi connectivity index (χ2n) is 10.9. The van der Waals surface area contributed by atoms with E-state index in [1.54, 1.807) is 30.5 Å². The highest BCUT2D eigenvalue weighted by Gasteiger charge is 2.26. The van der Waals surface area contributed by atoms with Crippen LogP contribution in [0.25, 0.3) is 27.9 Å². The van der Waals surface area contributed by atoms with Gasteiger partial charge in [-0.25, -0.2) is 14.8 Å². The van der Waals surface area contributed by atoms with Crippen molar-refractivity contribution in [3.63, 3.8) is 0 Å². The third-order valence-electron chi connectivity index (χ3n) is 6.86. The lowest BCUT2D eigenvalue weighted by Crippen LogP contribution is -2.45. The minimum Gasteiger partial charge on any atom is -0.465 e. The van der Waals surface area contributed by atoms with Gasteiger partial charge in [0.1, 0.15) is 0 Å². The fraction of sp³-hybridized carbons (Fsp3) is 0.345. The molecule has 3 N–H and O–H groups in total. The maximum atomic E-state index is 12.6. The lowest BCUT2D eigenvalue weighted by Gasteiger charge is -2.33. The van der Waals surface area contributed by atoms with Crippen molar-refractivity contribution in [3.05, 3.63) is 58.7 Å². The van der Waals surface area contributed by atoms with Gasteiger partial charge in [0.15, 0.2) is 11.5 Å². The fourth-order valence-corrected chi connectivity index (χ4v) is 4.90. The number of carbonyl (C=O) groups is 2. The molecule has 4 aromatic rings. The highest BCUT2D eigenvalue weighted by Crippen LogP contribution is 2.32. The van der Waals surface area contributed by atoms with E-state index in [4.69, 9.17) is 16.6 Å². The summed E-state index contributed by atoms with van der Waals surface area (Å²) in [4.78, 5) is 35.1. The van der Waals surface area contributed by atoms with Crippen LogP contribution in [0.4, 0.5) is 10.6 Å². The minimum absolute atomic E-state index is 0.185. The summed E-state index contributed by atoms with van der Waals surface area (Å²) in [5.74, 6) is 0.327. The Morgan fingerprint density at radius 3 is 2.65 bits per heavy atom. The van der Waals surface area contributed by atoms with Crippen LogP contribution in [0, 0.1) is 11.3 Å². The number of carbonyl (C=O) groups excluding carboxylic acids is 1. The van der Waals surface area contributed by atoms with Crippen LogP contribution in [-0.4, -0.2) is 61.0 Å². The summed E-state index contributed by atoms with van der Waals surface area (Å²) in [5, 5.41) is 25.6. The fourth-order valence-electron chi connectivity index (χ4n) is 4.64. The first kappa shape index (κ1) is 27.2. The number of nitrogens with one attached hydrogen (secondary N) is 2. The molecule has 0 aliphatic heterocycles. The van der Waals surface area contributed by atoms with Crippen molar-refractivity contribution >= 4 is 46.1 Å². The van der Waals surface area contributed by atoms with E-state index in [9.17, 15) is 20.0 Å². The predicted molar refractivity (Wildman–Crippen MR) is 154 cm³/mol. The molecule has 0 bridgehead atoms. The number of halogens is 1. The molecule has 5 rings (SSSR count). The van der Waals surface area contributed by atoms with E-state index in [0.717, 1.165) is 29.6 Å². The second-order valence-corrected chi connectivity index (χ2v) is 11.3. The number of fused-ring (bicyclic) bond motifs is 3. The summed E-state index contributed by atoms with van der Waals surface area (Å²) in [7, 11) is 0. The number of nitrogens with zero attached hydrogens (tertiary/aromatic N) is 5. The van der Waals surface area contributed by atoms with Crippen molar-refractivity contribution < 1.29 is 14.7 Å². The van der Waals surface area contributed by atoms with E-state index in [2.05, 4.69) is 21.7 Å². The molecule has 1 aliphatic carbocycles. The Balaban J connectivity index is 1.49. The van der Waals surface area contributed by atoms with E-state index in [0.29, 0.717) is 52.6 Å². The first-order valence-corrected chi connectivity index (χ1v) is 13.5. The third kappa shape index (κ3) is 5.51. The molecule has 2 aromatic carbocycles. The topological polar surface area (TPSA) is 136 Å². The van der Waals surface area contributed by atoms with Crippen LogP contribution in [0.15, 0.2) is 42.6 Å². The summed E-state index contributed by atoms with van der Waals surface area (Å²) in [6, 6.07) is 13.0. The first-order chi connectivity index (χ1) is 19.1. The minimum atomic E-state index is -0.963. The maximum Gasteiger partial charge on any atom is 0.407 e. The summed E-state index contributed by atoms with van der Waals surface area (Å²) in [5.41, 5.74) is 3.82. The van der Waals surface area contributed by atoms with E-state index in [-0.39, 0.29) is 11.9 Å². The van der Waals surface area contributed by atoms with Gasteiger partial charge in [0.2, 0.25) is 0 Å². The van der Waals surface area contributed by atoms with Crippen molar-refractivity contribution in [1.29, 1.82) is 5.26 Å². The molecule has 40 heavy (non-hydrogen) atoms. The Morgan fingerprint density at radius 2 is 2.00 bits per heavy atom. The number of rotatable bonds is 8. The zero-order valence-corrected chi connectivity index (χ0v) is 23.3. The molecule has 0 spiro atoms. The zero-order valence-electron chi connectivity index (χ0n) is 22.5. The van der Waals surface area contributed by atoms with Crippen molar-refractivity contribution in [1.82, 2.24) is 24.6 Å². The van der Waals surface area contributed by atoms with Crippen LogP contribution < -0.4 is 10.6 Å². The average Bonchev–Trinajstić information content (AvgIpc) is 3.60. The van der Waals surface area contributed by atoms with Crippen molar-refractivity contribution in [2.45, 2.75) is 51.6 Å². The summed E-state index contributed by atoms with van der Waals surface area (Å²) < 4.78 is 1.94. The molecule has 1 saturated carbocycles. The third-order valence-corrected chi connectivity index (χ3v) is 7.18. The number of aromatic nitrogens is 3. The van der Waals surface area contributed by atoms with E-state index < -0.39 is 11.6 Å². The van der Waals surface area contributed by atoms with Gasteiger partial charge in [-0.05, 0) is 70.4 Å². The van der Waals surface area contributed by atoms with Gasteiger partial charge in [-0.2, -0.15) is 5.26 Å². The number of hydrogen-bond acceptors (Lipinski definition) is 6. The largest absolute Gasteiger partial charge is 0.465 e. The van der Waals surface area contributed by atoms with E-state index in [1.807, 2.05) is 37.3 Å². The van der Waals surface area contributed by atoms with E-state index in [1.165, 1.54) is 4.90 Å². The molecular formula is C29H30ClN7O3. The highest BCUT2D eigenvalue weighted by atomic mass is 35.5. The van der Waals surface area contributed by atoms with Gasteiger partial charge in [-0.3, -0.25) is 9.20 Å². The lowest BCUT2D eigenvalue weighted by molar-refractivity contribution is 0.0949. The van der Waals surface area contributed by atoms with Gasteiger partial charge in [0.25, 0.3) is 5.91 Å². The van der Waals surface area contributed by atoms with Gasteiger partial charge in [0, 0.05) is 30.2 Å². The van der Waals surface area contributed by atoms with Crippen LogP contribution in [0.3, 0.4) is 0 Å². The molecule has 2 heterocycles. The second kappa shape index (κ2) is 10.7. The summed E-state index contributed by atoms with van der Waals surface area (Å²) in [6.07, 6.45) is 3.30. The average molecular weight is 560 g/mol. The number of benzene rings is 2. The van der Waals surface area contributed by atoms with Crippen LogP contribution in [0.1, 0.15) is 56.0 Å². The maximum absolute atomic E-state index is 12.6. The van der Waals surface area contributed by atoms with E-state index >= 15 is 0 Å². The lowest BCUT2D eigenvalue weighted by atomic mass is 10.1. The van der Waals surface area contributed by atoms with Crippen LogP contribution in [0.5, 0.6) is 0 Å². The predicted octanol–water partition coefficient (Wildman–Crippen LogP) is 5.55. The molecule has 0 radical (unpaired) electrons. The Labute approximate surface area is 236 Å². The quantitative estimate of drug-likeness (QED) is 0.241. The van der Waals surface area contributed by atoms with Crippen LogP contribution in [0.2, 0.25) is 5.02 Å².